The average Bonchev–Trinajstić information content (AvgIpc) is 2.35. The van der Waals surface area contributed by atoms with Gasteiger partial charge in [-0.3, -0.25) is 4.79 Å². The van der Waals surface area contributed by atoms with Gasteiger partial charge in [-0.1, -0.05) is 12.2 Å². The van der Waals surface area contributed by atoms with Crippen molar-refractivity contribution in [2.75, 3.05) is 13.9 Å². The fraction of sp³-hybridized carbons (Fsp3) is 0.214. The van der Waals surface area contributed by atoms with Gasteiger partial charge in [0.2, 0.25) is 5.56 Å². The van der Waals surface area contributed by atoms with Gasteiger partial charge in [0.25, 0.3) is 0 Å². The van der Waals surface area contributed by atoms with Gasteiger partial charge in [-0.2, -0.15) is 0 Å². The Labute approximate surface area is 105 Å². The molecule has 4 nitrogen and oxygen atoms in total. The van der Waals surface area contributed by atoms with E-state index in [0.29, 0.717) is 11.3 Å². The van der Waals surface area contributed by atoms with E-state index in [4.69, 9.17) is 9.47 Å². The Kier molecular flexibility index (Phi) is 3.48. The molecule has 0 amide bonds. The highest BCUT2D eigenvalue weighted by molar-refractivity contribution is 5.88. The molecule has 0 saturated carbocycles. The zero-order chi connectivity index (χ0) is 13.1. The Balaban J connectivity index is 2.65. The fourth-order valence-corrected chi connectivity index (χ4v) is 1.72. The maximum absolute atomic E-state index is 11.4. The van der Waals surface area contributed by atoms with Crippen molar-refractivity contribution in [2.24, 2.45) is 0 Å². The molecule has 1 aromatic carbocycles. The van der Waals surface area contributed by atoms with Gasteiger partial charge in [0, 0.05) is 18.6 Å². The third-order valence-corrected chi connectivity index (χ3v) is 2.62. The van der Waals surface area contributed by atoms with Crippen molar-refractivity contribution in [3.63, 3.8) is 0 Å². The molecule has 0 spiro atoms. The SMILES string of the molecule is C=C(C)c1cc(OCOC)c2[nH]c(=O)ccc2c1. The summed E-state index contributed by atoms with van der Waals surface area (Å²) in [5.74, 6) is 0.588. The van der Waals surface area contributed by atoms with Gasteiger partial charge in [-0.15, -0.1) is 0 Å². The number of pyridine rings is 1. The molecular weight excluding hydrogens is 230 g/mol. The third-order valence-electron chi connectivity index (χ3n) is 2.62. The maximum Gasteiger partial charge on any atom is 0.248 e. The first-order chi connectivity index (χ1) is 8.61. The predicted octanol–water partition coefficient (Wildman–Crippen LogP) is 2.54. The van der Waals surface area contributed by atoms with Crippen molar-refractivity contribution in [3.05, 3.63) is 46.8 Å². The normalized spacial score (nSPS) is 10.6. The van der Waals surface area contributed by atoms with E-state index in [1.165, 1.54) is 6.07 Å². The molecule has 1 aromatic heterocycles. The van der Waals surface area contributed by atoms with E-state index in [-0.39, 0.29) is 12.4 Å². The summed E-state index contributed by atoms with van der Waals surface area (Å²) in [6.07, 6.45) is 0. The number of hydrogen-bond acceptors (Lipinski definition) is 3. The minimum absolute atomic E-state index is 0.131. The van der Waals surface area contributed by atoms with E-state index in [2.05, 4.69) is 11.6 Å². The lowest BCUT2D eigenvalue weighted by atomic mass is 10.1. The summed E-state index contributed by atoms with van der Waals surface area (Å²) in [4.78, 5) is 14.1. The minimum atomic E-state index is -0.159. The number of rotatable bonds is 4. The van der Waals surface area contributed by atoms with Crippen LogP contribution in [0.5, 0.6) is 5.75 Å². The number of methoxy groups -OCH3 is 1. The number of fused-ring (bicyclic) bond motifs is 1. The summed E-state index contributed by atoms with van der Waals surface area (Å²) in [5.41, 5.74) is 2.42. The second-order valence-corrected chi connectivity index (χ2v) is 4.09. The lowest BCUT2D eigenvalue weighted by molar-refractivity contribution is 0.0521. The van der Waals surface area contributed by atoms with Gasteiger partial charge < -0.3 is 14.5 Å². The first kappa shape index (κ1) is 12.4. The van der Waals surface area contributed by atoms with E-state index in [0.717, 1.165) is 16.5 Å². The molecule has 0 unspecified atom stereocenters. The summed E-state index contributed by atoms with van der Waals surface area (Å²) in [6, 6.07) is 7.07. The fourth-order valence-electron chi connectivity index (χ4n) is 1.72. The van der Waals surface area contributed by atoms with Crippen LogP contribution in [0, 0.1) is 0 Å². The van der Waals surface area contributed by atoms with Crippen LogP contribution in [0.4, 0.5) is 0 Å². The summed E-state index contributed by atoms with van der Waals surface area (Å²) < 4.78 is 10.4. The van der Waals surface area contributed by atoms with Crippen LogP contribution in [-0.2, 0) is 4.74 Å². The Hall–Kier alpha value is -2.07. The number of nitrogens with one attached hydrogen (secondary N) is 1. The summed E-state index contributed by atoms with van der Waals surface area (Å²) in [6.45, 7) is 5.97. The van der Waals surface area contributed by atoms with Gasteiger partial charge >= 0.3 is 0 Å². The second kappa shape index (κ2) is 5.06. The van der Waals surface area contributed by atoms with Crippen LogP contribution < -0.4 is 10.3 Å². The number of allylic oxidation sites excluding steroid dienone is 1. The van der Waals surface area contributed by atoms with Gasteiger partial charge in [0.1, 0.15) is 5.75 Å². The highest BCUT2D eigenvalue weighted by Crippen LogP contribution is 2.27. The Bertz CT molecular complexity index is 643. The van der Waals surface area contributed by atoms with Crippen LogP contribution in [0.1, 0.15) is 12.5 Å². The molecule has 1 heterocycles. The standard InChI is InChI=1S/C14H15NO3/c1-9(2)11-6-10-4-5-13(16)15-14(10)12(7-11)18-8-17-3/h4-7H,1,8H2,2-3H3,(H,15,16). The lowest BCUT2D eigenvalue weighted by Gasteiger charge is -2.10. The second-order valence-electron chi connectivity index (χ2n) is 4.09. The topological polar surface area (TPSA) is 51.3 Å². The highest BCUT2D eigenvalue weighted by atomic mass is 16.7. The Morgan fingerprint density at radius 3 is 2.83 bits per heavy atom. The molecule has 0 fully saturated rings. The number of aromatic nitrogens is 1. The van der Waals surface area contributed by atoms with E-state index < -0.39 is 0 Å². The molecule has 0 saturated heterocycles. The summed E-state index contributed by atoms with van der Waals surface area (Å²) in [5, 5.41) is 0.904. The van der Waals surface area contributed by atoms with E-state index >= 15 is 0 Å². The quantitative estimate of drug-likeness (QED) is 0.842. The number of aromatic amines is 1. The summed E-state index contributed by atoms with van der Waals surface area (Å²) >= 11 is 0. The van der Waals surface area contributed by atoms with Gasteiger partial charge in [-0.25, -0.2) is 0 Å². The van der Waals surface area contributed by atoms with Gasteiger partial charge in [0.15, 0.2) is 6.79 Å². The first-order valence-electron chi connectivity index (χ1n) is 5.56. The molecule has 18 heavy (non-hydrogen) atoms. The maximum atomic E-state index is 11.4. The number of ether oxygens (including phenoxy) is 2. The molecule has 0 aliphatic heterocycles. The Morgan fingerprint density at radius 2 is 2.17 bits per heavy atom. The van der Waals surface area contributed by atoms with Crippen LogP contribution in [0.3, 0.4) is 0 Å². The van der Waals surface area contributed by atoms with Crippen molar-refractivity contribution in [3.8, 4) is 5.75 Å². The molecule has 1 N–H and O–H groups in total. The molecule has 0 atom stereocenters. The predicted molar refractivity (Wildman–Crippen MR) is 71.8 cm³/mol. The van der Waals surface area contributed by atoms with Crippen LogP contribution in [0.25, 0.3) is 16.5 Å². The molecular formula is C14H15NO3. The number of benzene rings is 1. The largest absolute Gasteiger partial charge is 0.465 e. The van der Waals surface area contributed by atoms with E-state index in [1.807, 2.05) is 19.1 Å². The minimum Gasteiger partial charge on any atom is -0.465 e. The first-order valence-corrected chi connectivity index (χ1v) is 5.56. The summed E-state index contributed by atoms with van der Waals surface area (Å²) in [7, 11) is 1.55. The molecule has 2 aromatic rings. The molecule has 0 aliphatic carbocycles. The van der Waals surface area contributed by atoms with Crippen molar-refractivity contribution in [1.82, 2.24) is 4.98 Å². The van der Waals surface area contributed by atoms with E-state index in [9.17, 15) is 4.79 Å². The van der Waals surface area contributed by atoms with Crippen LogP contribution in [-0.4, -0.2) is 18.9 Å². The van der Waals surface area contributed by atoms with Crippen LogP contribution in [0.2, 0.25) is 0 Å². The number of hydrogen-bond donors (Lipinski definition) is 1. The van der Waals surface area contributed by atoms with Crippen LogP contribution >= 0.6 is 0 Å². The molecule has 94 valence electrons. The van der Waals surface area contributed by atoms with Gasteiger partial charge in [-0.05, 0) is 30.7 Å². The Morgan fingerprint density at radius 1 is 1.39 bits per heavy atom. The van der Waals surface area contributed by atoms with Crippen molar-refractivity contribution in [1.29, 1.82) is 0 Å². The molecule has 2 rings (SSSR count). The monoisotopic (exact) mass is 245 g/mol. The van der Waals surface area contributed by atoms with Crippen molar-refractivity contribution in [2.45, 2.75) is 6.92 Å². The third kappa shape index (κ3) is 2.43. The van der Waals surface area contributed by atoms with Gasteiger partial charge in [0.05, 0.1) is 5.52 Å². The molecule has 0 radical (unpaired) electrons. The molecule has 0 aliphatic rings. The highest BCUT2D eigenvalue weighted by Gasteiger charge is 2.07. The van der Waals surface area contributed by atoms with Crippen molar-refractivity contribution >= 4 is 16.5 Å². The smallest absolute Gasteiger partial charge is 0.248 e. The number of H-pyrrole nitrogens is 1. The van der Waals surface area contributed by atoms with Crippen LogP contribution in [0.15, 0.2) is 35.6 Å². The van der Waals surface area contributed by atoms with E-state index in [1.54, 1.807) is 13.2 Å². The zero-order valence-corrected chi connectivity index (χ0v) is 10.4. The van der Waals surface area contributed by atoms with Crippen molar-refractivity contribution < 1.29 is 9.47 Å². The molecule has 0 bridgehead atoms. The molecule has 4 heteroatoms. The zero-order valence-electron chi connectivity index (χ0n) is 10.4. The average molecular weight is 245 g/mol. The lowest BCUT2D eigenvalue weighted by Crippen LogP contribution is -2.06.